The zero-order valence-corrected chi connectivity index (χ0v) is 20.0. The van der Waals surface area contributed by atoms with Crippen LogP contribution in [0.1, 0.15) is 42.9 Å². The molecule has 2 N–H and O–H groups in total. The summed E-state index contributed by atoms with van der Waals surface area (Å²) in [6, 6.07) is 14.5. The average Bonchev–Trinajstić information content (AvgIpc) is 3.43. The molecule has 0 aromatic heterocycles. The van der Waals surface area contributed by atoms with Gasteiger partial charge in [0, 0.05) is 18.1 Å². The van der Waals surface area contributed by atoms with E-state index in [1.165, 1.54) is 30.4 Å². The second-order valence-corrected chi connectivity index (χ2v) is 10.4. The minimum Gasteiger partial charge on any atom is -0.311 e. The topological polar surface area (TPSA) is 30.5 Å². The van der Waals surface area contributed by atoms with Crippen molar-refractivity contribution in [1.29, 1.82) is 0 Å². The monoisotopic (exact) mass is 474 g/mol. The largest absolute Gasteiger partial charge is 0.311 e. The fourth-order valence-electron chi connectivity index (χ4n) is 5.35. The van der Waals surface area contributed by atoms with Gasteiger partial charge in [-0.05, 0) is 61.8 Å². The average molecular weight is 475 g/mol. The molecule has 0 spiro atoms. The van der Waals surface area contributed by atoms with Crippen molar-refractivity contribution in [3.05, 3.63) is 63.6 Å². The third-order valence-electron chi connectivity index (χ3n) is 7.01. The number of halogens is 2. The van der Waals surface area contributed by atoms with Crippen LogP contribution in [-0.2, 0) is 0 Å². The van der Waals surface area contributed by atoms with Gasteiger partial charge in [-0.25, -0.2) is 10.4 Å². The molecular weight excluding hydrogens is 447 g/mol. The Morgan fingerprint density at radius 2 is 1.77 bits per heavy atom. The first-order valence-electron chi connectivity index (χ1n) is 11.1. The molecule has 4 atom stereocenters. The number of thiocarbonyl (C=S) groups is 1. The summed E-state index contributed by atoms with van der Waals surface area (Å²) >= 11 is 18.6. The summed E-state index contributed by atoms with van der Waals surface area (Å²) in [7, 11) is 0. The highest BCUT2D eigenvalue weighted by molar-refractivity contribution is 7.80. The first-order chi connectivity index (χ1) is 15.0. The van der Waals surface area contributed by atoms with Gasteiger partial charge in [0.1, 0.15) is 4.99 Å². The van der Waals surface area contributed by atoms with Crippen molar-refractivity contribution in [1.82, 2.24) is 15.9 Å². The molecule has 4 unspecified atom stereocenters. The predicted octanol–water partition coefficient (Wildman–Crippen LogP) is 5.69. The van der Waals surface area contributed by atoms with E-state index in [1.54, 1.807) is 6.07 Å². The van der Waals surface area contributed by atoms with Crippen LogP contribution in [0.3, 0.4) is 0 Å². The summed E-state index contributed by atoms with van der Waals surface area (Å²) in [6.07, 6.45) is 4.96. The molecule has 1 aliphatic carbocycles. The van der Waals surface area contributed by atoms with Crippen molar-refractivity contribution < 1.29 is 0 Å². The zero-order chi connectivity index (χ0) is 21.5. The summed E-state index contributed by atoms with van der Waals surface area (Å²) in [5.74, 6) is 1.66. The third-order valence-corrected chi connectivity index (χ3v) is 7.92. The summed E-state index contributed by atoms with van der Waals surface area (Å²) in [4.78, 5) is 0.852. The number of fused-ring (bicyclic) bond motifs is 1. The number of rotatable bonds is 4. The number of anilines is 1. The lowest BCUT2D eigenvalue weighted by atomic mass is 10.00. The zero-order valence-electron chi connectivity index (χ0n) is 17.7. The Balaban J connectivity index is 1.36. The van der Waals surface area contributed by atoms with Gasteiger partial charge in [0.05, 0.1) is 22.8 Å². The second kappa shape index (κ2) is 8.87. The molecule has 0 radical (unpaired) electrons. The Morgan fingerprint density at radius 3 is 2.45 bits per heavy atom. The van der Waals surface area contributed by atoms with Gasteiger partial charge in [-0.15, -0.1) is 0 Å². The molecule has 3 fully saturated rings. The Hall–Kier alpha value is -1.37. The lowest BCUT2D eigenvalue weighted by Gasteiger charge is -2.28. The van der Waals surface area contributed by atoms with Gasteiger partial charge in [-0.3, -0.25) is 5.01 Å². The normalized spacial score (nSPS) is 28.2. The number of benzene rings is 2. The number of hydrogen-bond donors (Lipinski definition) is 2. The maximum absolute atomic E-state index is 6.58. The summed E-state index contributed by atoms with van der Waals surface area (Å²) in [5.41, 5.74) is 10.6. The highest BCUT2D eigenvalue weighted by Gasteiger charge is 2.39. The predicted molar refractivity (Wildman–Crippen MR) is 133 cm³/mol. The molecule has 2 saturated heterocycles. The SMILES string of the molecule is Cc1ccc(C2CC(C(=S)NN3CC4CCCC4C3)NN2c2ccc(Cl)cc2Cl)cc1. The number of nitrogens with one attached hydrogen (secondary N) is 2. The van der Waals surface area contributed by atoms with E-state index in [4.69, 9.17) is 35.4 Å². The number of aryl methyl sites for hydroxylation is 1. The van der Waals surface area contributed by atoms with E-state index in [9.17, 15) is 0 Å². The van der Waals surface area contributed by atoms with E-state index in [1.807, 2.05) is 12.1 Å². The smallest absolute Gasteiger partial charge is 0.109 e. The van der Waals surface area contributed by atoms with Crippen LogP contribution in [0.2, 0.25) is 10.0 Å². The Kier molecular flexibility index (Phi) is 6.15. The maximum Gasteiger partial charge on any atom is 0.109 e. The quantitative estimate of drug-likeness (QED) is 0.555. The molecule has 3 aliphatic rings. The van der Waals surface area contributed by atoms with Crippen molar-refractivity contribution in [2.24, 2.45) is 11.8 Å². The highest BCUT2D eigenvalue weighted by Crippen LogP contribution is 2.40. The Bertz CT molecular complexity index is 955. The van der Waals surface area contributed by atoms with Gasteiger partial charge in [0.2, 0.25) is 0 Å². The first-order valence-corrected chi connectivity index (χ1v) is 12.3. The fraction of sp³-hybridized carbons (Fsp3) is 0.458. The molecule has 164 valence electrons. The molecule has 2 aliphatic heterocycles. The van der Waals surface area contributed by atoms with E-state index < -0.39 is 0 Å². The van der Waals surface area contributed by atoms with Crippen LogP contribution in [0.25, 0.3) is 0 Å². The molecule has 31 heavy (non-hydrogen) atoms. The molecule has 0 amide bonds. The van der Waals surface area contributed by atoms with Gasteiger partial charge >= 0.3 is 0 Å². The molecule has 0 bridgehead atoms. The van der Waals surface area contributed by atoms with Crippen LogP contribution in [-0.4, -0.2) is 29.1 Å². The van der Waals surface area contributed by atoms with Gasteiger partial charge < -0.3 is 5.43 Å². The maximum atomic E-state index is 6.58. The highest BCUT2D eigenvalue weighted by atomic mass is 35.5. The minimum absolute atomic E-state index is 0.0356. The molecule has 2 aromatic carbocycles. The molecule has 7 heteroatoms. The van der Waals surface area contributed by atoms with Crippen molar-refractivity contribution >= 4 is 46.1 Å². The number of hydrogen-bond acceptors (Lipinski definition) is 4. The van der Waals surface area contributed by atoms with E-state index in [0.29, 0.717) is 10.0 Å². The third kappa shape index (κ3) is 4.44. The molecule has 2 heterocycles. The second-order valence-electron chi connectivity index (χ2n) is 9.14. The standard InChI is InChI=1S/C24H28Cl2N4S/c1-15-5-7-16(8-6-15)23-12-21(27-30(23)22-10-9-19(25)11-20(22)26)24(31)28-29-13-17-3-2-4-18(17)14-29/h5-11,17-18,21,23,27H,2-4,12-14H2,1H3,(H,28,31). The molecule has 1 saturated carbocycles. The van der Waals surface area contributed by atoms with Gasteiger partial charge in [-0.2, -0.15) is 0 Å². The van der Waals surface area contributed by atoms with Crippen LogP contribution in [0.5, 0.6) is 0 Å². The van der Waals surface area contributed by atoms with Gasteiger partial charge in [0.25, 0.3) is 0 Å². The van der Waals surface area contributed by atoms with Crippen molar-refractivity contribution in [2.45, 2.75) is 44.7 Å². The molecule has 5 rings (SSSR count). The van der Waals surface area contributed by atoms with Crippen molar-refractivity contribution in [2.75, 3.05) is 18.1 Å². The molecule has 4 nitrogen and oxygen atoms in total. The van der Waals surface area contributed by atoms with E-state index in [2.05, 4.69) is 52.1 Å². The van der Waals surface area contributed by atoms with E-state index >= 15 is 0 Å². The van der Waals surface area contributed by atoms with Crippen molar-refractivity contribution in [3.63, 3.8) is 0 Å². The van der Waals surface area contributed by atoms with Crippen LogP contribution in [0, 0.1) is 18.8 Å². The Labute approximate surface area is 199 Å². The lowest BCUT2D eigenvalue weighted by Crippen LogP contribution is -2.49. The molecular formula is C24H28Cl2N4S. The van der Waals surface area contributed by atoms with Crippen LogP contribution in [0.4, 0.5) is 5.69 Å². The number of hydrazine groups is 2. The fourth-order valence-corrected chi connectivity index (χ4v) is 6.13. The summed E-state index contributed by atoms with van der Waals surface area (Å²) < 4.78 is 0. The minimum atomic E-state index is 0.0356. The first kappa shape index (κ1) is 21.5. The van der Waals surface area contributed by atoms with Crippen LogP contribution >= 0.6 is 35.4 Å². The van der Waals surface area contributed by atoms with Crippen molar-refractivity contribution in [3.8, 4) is 0 Å². The number of nitrogens with zero attached hydrogens (tertiary/aromatic N) is 2. The Morgan fingerprint density at radius 1 is 1.06 bits per heavy atom. The van der Waals surface area contributed by atoms with Gasteiger partial charge in [-0.1, -0.05) is 71.7 Å². The van der Waals surface area contributed by atoms with Crippen LogP contribution < -0.4 is 15.9 Å². The lowest BCUT2D eigenvalue weighted by molar-refractivity contribution is 0.269. The van der Waals surface area contributed by atoms with E-state index in [-0.39, 0.29) is 12.1 Å². The van der Waals surface area contributed by atoms with Crippen LogP contribution in [0.15, 0.2) is 42.5 Å². The summed E-state index contributed by atoms with van der Waals surface area (Å²) in [5, 5.41) is 5.75. The summed E-state index contributed by atoms with van der Waals surface area (Å²) in [6.45, 7) is 4.31. The molecule has 2 aromatic rings. The van der Waals surface area contributed by atoms with Gasteiger partial charge in [0.15, 0.2) is 0 Å². The van der Waals surface area contributed by atoms with E-state index in [0.717, 1.165) is 42.0 Å².